The van der Waals surface area contributed by atoms with Crippen LogP contribution in [0.2, 0.25) is 0 Å². The first kappa shape index (κ1) is 13.3. The first-order valence-corrected chi connectivity index (χ1v) is 8.03. The summed E-state index contributed by atoms with van der Waals surface area (Å²) in [5, 5.41) is 0.999. The first-order chi connectivity index (χ1) is 9.75. The molecule has 5 heteroatoms. The van der Waals surface area contributed by atoms with Gasteiger partial charge in [0.05, 0.1) is 4.24 Å². The normalized spacial score (nSPS) is 13.7. The highest BCUT2D eigenvalue weighted by atomic mass is 32.3. The molecule has 100 valence electrons. The van der Waals surface area contributed by atoms with Gasteiger partial charge in [0.15, 0.2) is 5.78 Å². The molecule has 0 bridgehead atoms. The number of pyridine rings is 1. The van der Waals surface area contributed by atoms with Gasteiger partial charge in [0.1, 0.15) is 0 Å². The Bertz CT molecular complexity index is 660. The van der Waals surface area contributed by atoms with E-state index >= 15 is 0 Å². The maximum atomic E-state index is 12.7. The fraction of sp³-hybridized carbons (Fsp3) is 0.0667. The van der Waals surface area contributed by atoms with Crippen molar-refractivity contribution in [1.29, 1.82) is 0 Å². The number of nitrogens with zero attached hydrogens (tertiary/aromatic N) is 1. The van der Waals surface area contributed by atoms with Crippen LogP contribution in [0.4, 0.5) is 5.69 Å². The molecule has 0 atom stereocenters. The van der Waals surface area contributed by atoms with E-state index in [1.54, 1.807) is 60.2 Å². The number of Topliss-reactive ketones (excluding diaryl/α,β-unsaturated/α-hetero) is 1. The Balaban J connectivity index is 2.03. The number of nitrogens with two attached hydrogens (primary N) is 1. The second kappa shape index (κ2) is 5.73. The molecule has 2 N–H and O–H groups in total. The molecular weight excluding hydrogens is 288 g/mol. The van der Waals surface area contributed by atoms with Gasteiger partial charge in [0.25, 0.3) is 0 Å². The Kier molecular flexibility index (Phi) is 3.80. The largest absolute Gasteiger partial charge is 0.399 e. The summed E-state index contributed by atoms with van der Waals surface area (Å²) >= 11 is 3.42. The highest BCUT2D eigenvalue weighted by Gasteiger charge is 2.24. The lowest BCUT2D eigenvalue weighted by molar-refractivity contribution is 0.105. The van der Waals surface area contributed by atoms with Crippen molar-refractivity contribution in [3.63, 3.8) is 0 Å². The number of ketones is 1. The van der Waals surface area contributed by atoms with Crippen LogP contribution in [0.1, 0.15) is 15.9 Å². The highest BCUT2D eigenvalue weighted by Crippen LogP contribution is 2.48. The van der Waals surface area contributed by atoms with Crippen LogP contribution < -0.4 is 5.73 Å². The number of nitrogen functional groups attached to an aromatic ring is 1. The van der Waals surface area contributed by atoms with Gasteiger partial charge in [-0.3, -0.25) is 9.78 Å². The van der Waals surface area contributed by atoms with E-state index in [2.05, 4.69) is 4.98 Å². The van der Waals surface area contributed by atoms with Crippen molar-refractivity contribution in [1.82, 2.24) is 4.98 Å². The van der Waals surface area contributed by atoms with Crippen LogP contribution in [0.5, 0.6) is 0 Å². The van der Waals surface area contributed by atoms with Gasteiger partial charge in [-0.15, -0.1) is 23.5 Å². The lowest BCUT2D eigenvalue weighted by Gasteiger charge is -2.20. The monoisotopic (exact) mass is 300 g/mol. The van der Waals surface area contributed by atoms with Gasteiger partial charge < -0.3 is 5.73 Å². The quantitative estimate of drug-likeness (QED) is 0.532. The number of rotatable bonds is 3. The third-order valence-electron chi connectivity index (χ3n) is 2.95. The van der Waals surface area contributed by atoms with Gasteiger partial charge in [0.2, 0.25) is 0 Å². The summed E-state index contributed by atoms with van der Waals surface area (Å²) in [6.45, 7) is 0. The highest BCUT2D eigenvalue weighted by molar-refractivity contribution is 8.37. The standard InChI is InChI=1S/C15H12N2OS2/c16-12-3-1-11(2-4-12)14(18)13(15-19-9-20-15)10-5-7-17-8-6-10/h1-8H,9,16H2. The first-order valence-electron chi connectivity index (χ1n) is 6.06. The van der Waals surface area contributed by atoms with Crippen LogP contribution in [0.3, 0.4) is 0 Å². The van der Waals surface area contributed by atoms with E-state index in [0.29, 0.717) is 11.3 Å². The van der Waals surface area contributed by atoms with Crippen LogP contribution in [0.25, 0.3) is 5.57 Å². The summed E-state index contributed by atoms with van der Waals surface area (Å²) < 4.78 is 1.08. The number of allylic oxidation sites excluding steroid dienone is 1. The molecule has 0 aliphatic carbocycles. The molecule has 20 heavy (non-hydrogen) atoms. The third kappa shape index (κ3) is 2.59. The van der Waals surface area contributed by atoms with Crippen LogP contribution >= 0.6 is 23.5 Å². The average molecular weight is 300 g/mol. The second-order valence-electron chi connectivity index (χ2n) is 4.26. The molecule has 0 radical (unpaired) electrons. The zero-order valence-corrected chi connectivity index (χ0v) is 12.2. The summed E-state index contributed by atoms with van der Waals surface area (Å²) in [7, 11) is 0. The number of carbonyl (C=O) groups is 1. The Morgan fingerprint density at radius 3 is 2.20 bits per heavy atom. The van der Waals surface area contributed by atoms with Gasteiger partial charge in [-0.05, 0) is 42.0 Å². The van der Waals surface area contributed by atoms with E-state index in [9.17, 15) is 4.79 Å². The molecule has 1 aromatic heterocycles. The summed E-state index contributed by atoms with van der Waals surface area (Å²) in [6, 6.07) is 10.8. The van der Waals surface area contributed by atoms with Crippen molar-refractivity contribution < 1.29 is 4.79 Å². The fourth-order valence-electron chi connectivity index (χ4n) is 1.90. The van der Waals surface area contributed by atoms with Gasteiger partial charge in [-0.1, -0.05) is 0 Å². The maximum Gasteiger partial charge on any atom is 0.195 e. The summed E-state index contributed by atoms with van der Waals surface area (Å²) in [6.07, 6.45) is 3.42. The van der Waals surface area contributed by atoms with Gasteiger partial charge in [0, 0.05) is 34.3 Å². The predicted molar refractivity (Wildman–Crippen MR) is 86.4 cm³/mol. The fourth-order valence-corrected chi connectivity index (χ4v) is 3.55. The van der Waals surface area contributed by atoms with Gasteiger partial charge >= 0.3 is 0 Å². The van der Waals surface area contributed by atoms with Crippen molar-refractivity contribution in [2.45, 2.75) is 0 Å². The van der Waals surface area contributed by atoms with E-state index in [-0.39, 0.29) is 5.78 Å². The van der Waals surface area contributed by atoms with Crippen LogP contribution in [-0.4, -0.2) is 15.9 Å². The molecular formula is C15H12N2OS2. The average Bonchev–Trinajstić information content (AvgIpc) is 2.44. The zero-order valence-electron chi connectivity index (χ0n) is 10.6. The Hall–Kier alpha value is -1.72. The number of thioether (sulfide) groups is 2. The van der Waals surface area contributed by atoms with Crippen molar-refractivity contribution >= 4 is 40.6 Å². The van der Waals surface area contributed by atoms with Crippen molar-refractivity contribution in [3.05, 3.63) is 64.2 Å². The Morgan fingerprint density at radius 2 is 1.65 bits per heavy atom. The molecule has 1 aliphatic rings. The molecule has 2 heterocycles. The lowest BCUT2D eigenvalue weighted by Crippen LogP contribution is -2.07. The smallest absolute Gasteiger partial charge is 0.195 e. The Morgan fingerprint density at radius 1 is 1.00 bits per heavy atom. The van der Waals surface area contributed by atoms with Crippen molar-refractivity contribution in [2.24, 2.45) is 0 Å². The number of benzene rings is 1. The molecule has 1 aliphatic heterocycles. The van der Waals surface area contributed by atoms with E-state index in [4.69, 9.17) is 5.73 Å². The number of aromatic nitrogens is 1. The number of hydrogen-bond donors (Lipinski definition) is 1. The molecule has 3 rings (SSSR count). The van der Waals surface area contributed by atoms with Crippen LogP contribution in [0, 0.1) is 0 Å². The zero-order chi connectivity index (χ0) is 13.9. The topological polar surface area (TPSA) is 56.0 Å². The molecule has 0 saturated carbocycles. The Labute approximate surface area is 125 Å². The van der Waals surface area contributed by atoms with E-state index in [1.807, 2.05) is 12.1 Å². The number of anilines is 1. The molecule has 1 saturated heterocycles. The van der Waals surface area contributed by atoms with Crippen molar-refractivity contribution in [2.75, 3.05) is 10.8 Å². The summed E-state index contributed by atoms with van der Waals surface area (Å²) in [5.74, 6) is 0.0332. The van der Waals surface area contributed by atoms with E-state index in [0.717, 1.165) is 20.5 Å². The minimum atomic E-state index is 0.0332. The molecule has 1 aromatic carbocycles. The molecule has 0 spiro atoms. The molecule has 0 unspecified atom stereocenters. The summed E-state index contributed by atoms with van der Waals surface area (Å²) in [4.78, 5) is 16.8. The van der Waals surface area contributed by atoms with E-state index < -0.39 is 0 Å². The molecule has 2 aromatic rings. The molecule has 0 amide bonds. The predicted octanol–water partition coefficient (Wildman–Crippen LogP) is 3.65. The summed E-state index contributed by atoms with van der Waals surface area (Å²) in [5.41, 5.74) is 8.67. The van der Waals surface area contributed by atoms with Gasteiger partial charge in [-0.25, -0.2) is 0 Å². The molecule has 1 fully saturated rings. The SMILES string of the molecule is Nc1ccc(C(=O)C(=C2SCS2)c2ccncc2)cc1. The second-order valence-corrected chi connectivity index (χ2v) is 6.85. The van der Waals surface area contributed by atoms with Gasteiger partial charge in [-0.2, -0.15) is 0 Å². The molecule has 3 nitrogen and oxygen atoms in total. The number of carbonyl (C=O) groups excluding carboxylic acids is 1. The van der Waals surface area contributed by atoms with Crippen LogP contribution in [0.15, 0.2) is 53.0 Å². The minimum Gasteiger partial charge on any atom is -0.399 e. The number of hydrogen-bond acceptors (Lipinski definition) is 5. The van der Waals surface area contributed by atoms with Crippen molar-refractivity contribution in [3.8, 4) is 0 Å². The van der Waals surface area contributed by atoms with Crippen LogP contribution in [-0.2, 0) is 0 Å². The van der Waals surface area contributed by atoms with E-state index in [1.165, 1.54) is 0 Å². The maximum absolute atomic E-state index is 12.7. The lowest BCUT2D eigenvalue weighted by atomic mass is 9.99. The third-order valence-corrected chi connectivity index (χ3v) is 5.54. The minimum absolute atomic E-state index is 0.0332.